The van der Waals surface area contributed by atoms with Gasteiger partial charge in [-0.05, 0) is 48.6 Å². The molecule has 0 saturated carbocycles. The number of halogens is 1. The molecule has 3 rings (SSSR count). The smallest absolute Gasteiger partial charge is 0.252 e. The highest BCUT2D eigenvalue weighted by molar-refractivity contribution is 7.91. The molecule has 2 aromatic rings. The highest BCUT2D eigenvalue weighted by Gasteiger charge is 2.32. The van der Waals surface area contributed by atoms with E-state index in [1.807, 2.05) is 0 Å². The van der Waals surface area contributed by atoms with E-state index in [2.05, 4.69) is 0 Å². The fraction of sp³-hybridized carbons (Fsp3) is 0.312. The van der Waals surface area contributed by atoms with E-state index in [4.69, 9.17) is 0 Å². The molecule has 23 heavy (non-hydrogen) atoms. The lowest BCUT2D eigenvalue weighted by Gasteiger charge is -2.30. The van der Waals surface area contributed by atoms with Crippen molar-refractivity contribution in [1.82, 2.24) is 4.31 Å². The van der Waals surface area contributed by atoms with Crippen molar-refractivity contribution in [2.24, 2.45) is 5.92 Å². The molecule has 0 radical (unpaired) electrons. The van der Waals surface area contributed by atoms with Gasteiger partial charge >= 0.3 is 0 Å². The average molecular weight is 353 g/mol. The van der Waals surface area contributed by atoms with Crippen LogP contribution in [0, 0.1) is 11.7 Å². The lowest BCUT2D eigenvalue weighted by Crippen LogP contribution is -2.40. The highest BCUT2D eigenvalue weighted by Crippen LogP contribution is 2.28. The first-order chi connectivity index (χ1) is 11.0. The number of hydrogen-bond donors (Lipinski definition) is 0. The molecule has 0 aliphatic carbocycles. The molecule has 1 aromatic carbocycles. The summed E-state index contributed by atoms with van der Waals surface area (Å²) in [6.07, 6.45) is 0.974. The first-order valence-corrected chi connectivity index (χ1v) is 9.64. The largest absolute Gasteiger partial charge is 0.294 e. The van der Waals surface area contributed by atoms with Crippen molar-refractivity contribution in [2.75, 3.05) is 13.1 Å². The molecular formula is C16H16FNO3S2. The van der Waals surface area contributed by atoms with Crippen LogP contribution in [0.3, 0.4) is 0 Å². The topological polar surface area (TPSA) is 54.5 Å². The van der Waals surface area contributed by atoms with Gasteiger partial charge < -0.3 is 0 Å². The van der Waals surface area contributed by atoms with Crippen molar-refractivity contribution in [2.45, 2.75) is 17.1 Å². The Morgan fingerprint density at radius 2 is 1.78 bits per heavy atom. The number of piperidine rings is 1. The first-order valence-electron chi connectivity index (χ1n) is 7.32. The van der Waals surface area contributed by atoms with Crippen molar-refractivity contribution < 1.29 is 17.6 Å². The molecule has 1 aliphatic heterocycles. The number of Topliss-reactive ketones (excluding diaryl/α,β-unsaturated/α-hetero) is 1. The molecule has 1 saturated heterocycles. The summed E-state index contributed by atoms with van der Waals surface area (Å²) in [6, 6.07) is 8.80. The zero-order valence-electron chi connectivity index (χ0n) is 12.3. The molecule has 0 spiro atoms. The summed E-state index contributed by atoms with van der Waals surface area (Å²) in [5.74, 6) is -0.633. The number of carbonyl (C=O) groups excluding carboxylic acids is 1. The average Bonchev–Trinajstić information content (AvgIpc) is 3.10. The van der Waals surface area contributed by atoms with Gasteiger partial charge in [-0.2, -0.15) is 4.31 Å². The van der Waals surface area contributed by atoms with Crippen molar-refractivity contribution in [3.63, 3.8) is 0 Å². The summed E-state index contributed by atoms with van der Waals surface area (Å²) in [5.41, 5.74) is 0.478. The van der Waals surface area contributed by atoms with Crippen LogP contribution in [0.1, 0.15) is 23.2 Å². The molecule has 0 bridgehead atoms. The molecule has 7 heteroatoms. The Kier molecular flexibility index (Phi) is 4.61. The Balaban J connectivity index is 1.67. The van der Waals surface area contributed by atoms with Gasteiger partial charge in [-0.1, -0.05) is 6.07 Å². The van der Waals surface area contributed by atoms with E-state index in [1.165, 1.54) is 39.9 Å². The number of hydrogen-bond acceptors (Lipinski definition) is 4. The minimum Gasteiger partial charge on any atom is -0.294 e. The van der Waals surface area contributed by atoms with E-state index >= 15 is 0 Å². The van der Waals surface area contributed by atoms with E-state index < -0.39 is 10.0 Å². The molecule has 1 aromatic heterocycles. The predicted octanol–water partition coefficient (Wildman–Crippen LogP) is 3.17. The van der Waals surface area contributed by atoms with E-state index in [0.717, 1.165) is 0 Å². The second kappa shape index (κ2) is 6.51. The zero-order chi connectivity index (χ0) is 16.4. The van der Waals surface area contributed by atoms with Crippen LogP contribution in [0.15, 0.2) is 46.0 Å². The van der Waals surface area contributed by atoms with Gasteiger partial charge in [0.1, 0.15) is 10.0 Å². The van der Waals surface area contributed by atoms with Crippen molar-refractivity contribution in [1.29, 1.82) is 0 Å². The molecule has 1 fully saturated rings. The molecule has 1 aliphatic rings. The van der Waals surface area contributed by atoms with E-state index in [9.17, 15) is 17.6 Å². The maximum atomic E-state index is 12.9. The van der Waals surface area contributed by atoms with Gasteiger partial charge in [0.2, 0.25) is 0 Å². The molecular weight excluding hydrogens is 337 g/mol. The minimum absolute atomic E-state index is 0.0434. The quantitative estimate of drug-likeness (QED) is 0.794. The second-order valence-corrected chi connectivity index (χ2v) is 8.59. The van der Waals surface area contributed by atoms with Crippen LogP contribution >= 0.6 is 11.3 Å². The van der Waals surface area contributed by atoms with Crippen molar-refractivity contribution in [3.8, 4) is 0 Å². The molecule has 0 amide bonds. The van der Waals surface area contributed by atoms with Gasteiger partial charge in [0.05, 0.1) is 0 Å². The number of carbonyl (C=O) groups is 1. The summed E-state index contributed by atoms with van der Waals surface area (Å²) in [5, 5.41) is 1.73. The van der Waals surface area contributed by atoms with Crippen molar-refractivity contribution in [3.05, 3.63) is 53.2 Å². The Bertz CT molecular complexity index is 777. The van der Waals surface area contributed by atoms with Crippen LogP contribution in [-0.2, 0) is 10.0 Å². The van der Waals surface area contributed by atoms with Crippen LogP contribution in [-0.4, -0.2) is 31.6 Å². The van der Waals surface area contributed by atoms with Crippen LogP contribution in [0.25, 0.3) is 0 Å². The summed E-state index contributed by atoms with van der Waals surface area (Å²) < 4.78 is 39.6. The first kappa shape index (κ1) is 16.3. The third-order valence-corrected chi connectivity index (χ3v) is 7.31. The van der Waals surface area contributed by atoms with Gasteiger partial charge in [-0.15, -0.1) is 11.3 Å². The molecule has 0 atom stereocenters. The van der Waals surface area contributed by atoms with Crippen LogP contribution in [0.4, 0.5) is 4.39 Å². The molecule has 122 valence electrons. The third-order valence-electron chi connectivity index (χ3n) is 4.04. The number of rotatable bonds is 4. The lowest BCUT2D eigenvalue weighted by atomic mass is 9.90. The fourth-order valence-electron chi connectivity index (χ4n) is 2.75. The lowest BCUT2D eigenvalue weighted by molar-refractivity contribution is 0.0875. The third kappa shape index (κ3) is 3.36. The molecule has 0 N–H and O–H groups in total. The molecule has 2 heterocycles. The summed E-state index contributed by atoms with van der Waals surface area (Å²) in [4.78, 5) is 12.4. The number of sulfonamides is 1. The summed E-state index contributed by atoms with van der Waals surface area (Å²) >= 11 is 1.20. The normalized spacial score (nSPS) is 17.3. The van der Waals surface area contributed by atoms with Gasteiger partial charge in [0.15, 0.2) is 5.78 Å². The summed E-state index contributed by atoms with van der Waals surface area (Å²) in [7, 11) is -3.45. The monoisotopic (exact) mass is 353 g/mol. The van der Waals surface area contributed by atoms with Crippen LogP contribution in [0.2, 0.25) is 0 Å². The number of thiophene rings is 1. The number of ketones is 1. The summed E-state index contributed by atoms with van der Waals surface area (Å²) in [6.45, 7) is 0.662. The Hall–Kier alpha value is -1.57. The maximum absolute atomic E-state index is 12.9. The van der Waals surface area contributed by atoms with E-state index in [0.29, 0.717) is 35.7 Å². The van der Waals surface area contributed by atoms with Crippen LogP contribution < -0.4 is 0 Å². The van der Waals surface area contributed by atoms with Crippen molar-refractivity contribution >= 4 is 27.1 Å². The Morgan fingerprint density at radius 1 is 1.13 bits per heavy atom. The van der Waals surface area contributed by atoms with Gasteiger partial charge in [-0.25, -0.2) is 12.8 Å². The molecule has 0 unspecified atom stereocenters. The highest BCUT2D eigenvalue weighted by atomic mass is 32.2. The fourth-order valence-corrected chi connectivity index (χ4v) is 5.36. The van der Waals surface area contributed by atoms with E-state index in [1.54, 1.807) is 17.5 Å². The van der Waals surface area contributed by atoms with Gasteiger partial charge in [0.25, 0.3) is 10.0 Å². The maximum Gasteiger partial charge on any atom is 0.252 e. The Labute approximate surface area is 138 Å². The SMILES string of the molecule is O=C(c1ccc(F)cc1)C1CCN(S(=O)(=O)c2cccs2)CC1. The van der Waals surface area contributed by atoms with E-state index in [-0.39, 0.29) is 17.5 Å². The van der Waals surface area contributed by atoms with Gasteiger partial charge in [0, 0.05) is 24.6 Å². The number of nitrogens with zero attached hydrogens (tertiary/aromatic N) is 1. The standard InChI is InChI=1S/C16H16FNO3S2/c17-14-5-3-12(4-6-14)16(19)13-7-9-18(10-8-13)23(20,21)15-2-1-11-22-15/h1-6,11,13H,7-10H2. The van der Waals surface area contributed by atoms with Crippen LogP contribution in [0.5, 0.6) is 0 Å². The predicted molar refractivity (Wildman–Crippen MR) is 86.5 cm³/mol. The zero-order valence-corrected chi connectivity index (χ0v) is 13.9. The Morgan fingerprint density at radius 3 is 2.35 bits per heavy atom. The van der Waals surface area contributed by atoms with Gasteiger partial charge in [-0.3, -0.25) is 4.79 Å². The molecule has 4 nitrogen and oxygen atoms in total. The minimum atomic E-state index is -3.45. The second-order valence-electron chi connectivity index (χ2n) is 5.48. The number of benzene rings is 1.